The van der Waals surface area contributed by atoms with Gasteiger partial charge in [0.05, 0.1) is 26.7 Å². The van der Waals surface area contributed by atoms with Crippen molar-refractivity contribution in [1.29, 1.82) is 0 Å². The minimum atomic E-state index is -0.146. The van der Waals surface area contributed by atoms with E-state index in [0.29, 0.717) is 19.8 Å². The Bertz CT molecular complexity index is 624. The van der Waals surface area contributed by atoms with E-state index in [-0.39, 0.29) is 41.8 Å². The second-order valence-electron chi connectivity index (χ2n) is 6.74. The summed E-state index contributed by atoms with van der Waals surface area (Å²) in [5, 5.41) is 3.35. The molecule has 1 fully saturated rings. The second kappa shape index (κ2) is 12.8. The number of halogens is 1. The lowest BCUT2D eigenvalue weighted by molar-refractivity contribution is -0.145. The van der Waals surface area contributed by atoms with Gasteiger partial charge in [0, 0.05) is 33.3 Å². The van der Waals surface area contributed by atoms with Gasteiger partial charge in [-0.1, -0.05) is 19.1 Å². The number of methoxy groups -OCH3 is 2. The van der Waals surface area contributed by atoms with Crippen LogP contribution < -0.4 is 10.1 Å². The van der Waals surface area contributed by atoms with Gasteiger partial charge in [-0.3, -0.25) is 9.79 Å². The summed E-state index contributed by atoms with van der Waals surface area (Å²) in [4.78, 5) is 18.3. The third-order valence-corrected chi connectivity index (χ3v) is 4.80. The molecular weight excluding hydrogens is 473 g/mol. The Labute approximate surface area is 184 Å². The summed E-state index contributed by atoms with van der Waals surface area (Å²) in [5.41, 5.74) is 1.12. The number of carbonyl (C=O) groups is 1. The van der Waals surface area contributed by atoms with Gasteiger partial charge in [-0.2, -0.15) is 0 Å². The largest absolute Gasteiger partial charge is 0.497 e. The number of hydrogen-bond donors (Lipinski definition) is 1. The first kappa shape index (κ1) is 24.5. The molecule has 1 aromatic rings. The van der Waals surface area contributed by atoms with E-state index in [1.54, 1.807) is 14.2 Å². The smallest absolute Gasteiger partial charge is 0.310 e. The number of nitrogens with zero attached hydrogens (tertiary/aromatic N) is 2. The van der Waals surface area contributed by atoms with Gasteiger partial charge in [0.1, 0.15) is 5.75 Å². The maximum atomic E-state index is 11.8. The van der Waals surface area contributed by atoms with Crippen LogP contribution in [-0.2, 0) is 20.9 Å². The average Bonchev–Trinajstić information content (AvgIpc) is 3.08. The number of benzene rings is 1. The third kappa shape index (κ3) is 7.12. The second-order valence-corrected chi connectivity index (χ2v) is 6.74. The van der Waals surface area contributed by atoms with E-state index in [2.05, 4.69) is 22.1 Å². The van der Waals surface area contributed by atoms with Gasteiger partial charge >= 0.3 is 5.97 Å². The van der Waals surface area contributed by atoms with Gasteiger partial charge in [0.25, 0.3) is 0 Å². The molecule has 0 saturated carbocycles. The summed E-state index contributed by atoms with van der Waals surface area (Å²) in [5.74, 6) is 1.68. The molecular formula is C20H32IN3O4. The van der Waals surface area contributed by atoms with E-state index in [1.807, 2.05) is 24.3 Å². The SMILES string of the molecule is CN=C(NCCCOCc1ccc(OC)cc1)N1CC(C)C(C(=O)OC)C1.I. The molecule has 1 heterocycles. The van der Waals surface area contributed by atoms with Crippen molar-refractivity contribution < 1.29 is 19.0 Å². The van der Waals surface area contributed by atoms with E-state index < -0.39 is 0 Å². The van der Waals surface area contributed by atoms with Crippen molar-refractivity contribution in [1.82, 2.24) is 10.2 Å². The highest BCUT2D eigenvalue weighted by Gasteiger charge is 2.36. The van der Waals surface area contributed by atoms with Crippen LogP contribution in [0.4, 0.5) is 0 Å². The number of rotatable bonds is 8. The topological polar surface area (TPSA) is 72.4 Å². The molecule has 0 aliphatic carbocycles. The molecule has 158 valence electrons. The van der Waals surface area contributed by atoms with E-state index in [4.69, 9.17) is 14.2 Å². The van der Waals surface area contributed by atoms with Crippen LogP contribution in [0.25, 0.3) is 0 Å². The molecule has 28 heavy (non-hydrogen) atoms. The minimum absolute atomic E-state index is 0. The number of ether oxygens (including phenoxy) is 3. The van der Waals surface area contributed by atoms with Gasteiger partial charge in [0.15, 0.2) is 5.96 Å². The van der Waals surface area contributed by atoms with Crippen LogP contribution in [0.3, 0.4) is 0 Å². The molecule has 0 aromatic heterocycles. The number of guanidine groups is 1. The molecule has 1 aromatic carbocycles. The van der Waals surface area contributed by atoms with Crippen molar-refractivity contribution in [3.05, 3.63) is 29.8 Å². The lowest BCUT2D eigenvalue weighted by Gasteiger charge is -2.21. The number of nitrogens with one attached hydrogen (secondary N) is 1. The van der Waals surface area contributed by atoms with Gasteiger partial charge in [0.2, 0.25) is 0 Å². The van der Waals surface area contributed by atoms with Crippen LogP contribution in [0.2, 0.25) is 0 Å². The van der Waals surface area contributed by atoms with Crippen LogP contribution in [0.5, 0.6) is 5.75 Å². The molecule has 2 atom stereocenters. The maximum absolute atomic E-state index is 11.8. The first-order valence-corrected chi connectivity index (χ1v) is 9.33. The number of carbonyl (C=O) groups excluding carboxylic acids is 1. The third-order valence-electron chi connectivity index (χ3n) is 4.80. The average molecular weight is 505 g/mol. The Morgan fingerprint density at radius 3 is 2.57 bits per heavy atom. The highest BCUT2D eigenvalue weighted by Crippen LogP contribution is 2.24. The summed E-state index contributed by atoms with van der Waals surface area (Å²) >= 11 is 0. The Hall–Kier alpha value is -1.55. The van der Waals surface area contributed by atoms with Crippen molar-refractivity contribution >= 4 is 35.9 Å². The zero-order valence-corrected chi connectivity index (χ0v) is 19.5. The standard InChI is InChI=1S/C20H31N3O4.HI/c1-15-12-23(13-18(15)19(24)26-4)20(21-2)22-10-5-11-27-14-16-6-8-17(25-3)9-7-16;/h6-9,15,18H,5,10-14H2,1-4H3,(H,21,22);1H. The summed E-state index contributed by atoms with van der Waals surface area (Å²) in [6, 6.07) is 7.88. The normalized spacial score (nSPS) is 19.1. The van der Waals surface area contributed by atoms with Crippen LogP contribution in [0, 0.1) is 11.8 Å². The Balaban J connectivity index is 0.00000392. The number of aliphatic imine (C=N–C) groups is 1. The van der Waals surface area contributed by atoms with Crippen molar-refractivity contribution in [3.63, 3.8) is 0 Å². The molecule has 0 bridgehead atoms. The predicted octanol–water partition coefficient (Wildman–Crippen LogP) is 2.54. The quantitative estimate of drug-likeness (QED) is 0.193. The maximum Gasteiger partial charge on any atom is 0.310 e. The molecule has 1 aliphatic heterocycles. The van der Waals surface area contributed by atoms with Crippen LogP contribution in [0.1, 0.15) is 18.9 Å². The number of hydrogen-bond acceptors (Lipinski definition) is 5. The molecule has 7 nitrogen and oxygen atoms in total. The Kier molecular flexibility index (Phi) is 11.2. The molecule has 2 rings (SSSR count). The summed E-state index contributed by atoms with van der Waals surface area (Å²) in [7, 11) is 4.86. The highest BCUT2D eigenvalue weighted by molar-refractivity contribution is 14.0. The van der Waals surface area contributed by atoms with Crippen LogP contribution in [-0.4, -0.2) is 64.3 Å². The minimum Gasteiger partial charge on any atom is -0.497 e. The number of esters is 1. The van der Waals surface area contributed by atoms with Gasteiger partial charge in [-0.25, -0.2) is 0 Å². The predicted molar refractivity (Wildman–Crippen MR) is 120 cm³/mol. The van der Waals surface area contributed by atoms with Crippen LogP contribution in [0.15, 0.2) is 29.3 Å². The summed E-state index contributed by atoms with van der Waals surface area (Å²) in [6.45, 7) is 5.53. The van der Waals surface area contributed by atoms with Crippen molar-refractivity contribution in [2.24, 2.45) is 16.8 Å². The molecule has 0 spiro atoms. The first-order chi connectivity index (χ1) is 13.1. The molecule has 2 unspecified atom stereocenters. The molecule has 1 saturated heterocycles. The molecule has 1 aliphatic rings. The fourth-order valence-electron chi connectivity index (χ4n) is 3.22. The summed E-state index contributed by atoms with van der Waals surface area (Å²) < 4.78 is 15.8. The molecule has 1 N–H and O–H groups in total. The Morgan fingerprint density at radius 2 is 1.96 bits per heavy atom. The molecule has 0 radical (unpaired) electrons. The lowest BCUT2D eigenvalue weighted by atomic mass is 9.99. The Morgan fingerprint density at radius 1 is 1.25 bits per heavy atom. The molecule has 0 amide bonds. The van der Waals surface area contributed by atoms with Gasteiger partial charge in [-0.15, -0.1) is 24.0 Å². The monoisotopic (exact) mass is 505 g/mol. The van der Waals surface area contributed by atoms with Crippen LogP contribution >= 0.6 is 24.0 Å². The van der Waals surface area contributed by atoms with E-state index in [0.717, 1.165) is 36.8 Å². The van der Waals surface area contributed by atoms with Gasteiger partial charge in [-0.05, 0) is 30.0 Å². The number of likely N-dealkylation sites (tertiary alicyclic amines) is 1. The lowest BCUT2D eigenvalue weighted by Crippen LogP contribution is -2.41. The summed E-state index contributed by atoms with van der Waals surface area (Å²) in [6.07, 6.45) is 0.874. The fraction of sp³-hybridized carbons (Fsp3) is 0.600. The van der Waals surface area contributed by atoms with Gasteiger partial charge < -0.3 is 24.4 Å². The van der Waals surface area contributed by atoms with Crippen molar-refractivity contribution in [2.75, 3.05) is 47.5 Å². The highest BCUT2D eigenvalue weighted by atomic mass is 127. The van der Waals surface area contributed by atoms with Crippen molar-refractivity contribution in [3.8, 4) is 5.75 Å². The zero-order chi connectivity index (χ0) is 19.6. The van der Waals surface area contributed by atoms with E-state index >= 15 is 0 Å². The fourth-order valence-corrected chi connectivity index (χ4v) is 3.22. The van der Waals surface area contributed by atoms with Crippen molar-refractivity contribution in [2.45, 2.75) is 20.0 Å². The van der Waals surface area contributed by atoms with E-state index in [9.17, 15) is 4.79 Å². The molecule has 8 heteroatoms. The zero-order valence-electron chi connectivity index (χ0n) is 17.1. The van der Waals surface area contributed by atoms with E-state index in [1.165, 1.54) is 7.11 Å². The first-order valence-electron chi connectivity index (χ1n) is 9.33.